The fraction of sp³-hybridized carbons (Fsp3) is 0.273. The summed E-state index contributed by atoms with van der Waals surface area (Å²) >= 11 is 0. The van der Waals surface area contributed by atoms with E-state index in [0.717, 1.165) is 11.1 Å². The summed E-state index contributed by atoms with van der Waals surface area (Å²) < 4.78 is 0. The van der Waals surface area contributed by atoms with Gasteiger partial charge in [-0.05, 0) is 29.7 Å². The second-order valence-corrected chi connectivity index (χ2v) is 3.97. The van der Waals surface area contributed by atoms with Crippen LogP contribution in [0.15, 0.2) is 18.2 Å². The Balaban J connectivity index is 2.32. The molecule has 0 fully saturated rings. The fourth-order valence-electron chi connectivity index (χ4n) is 2.06. The SMILES string of the molecule is O=C[B]N1Cc2cc(O)ccc2C[C@H]1C(=O)O. The molecule has 0 bridgehead atoms. The van der Waals surface area contributed by atoms with E-state index in [1.54, 1.807) is 12.1 Å². The van der Waals surface area contributed by atoms with Crippen LogP contribution in [-0.2, 0) is 22.6 Å². The van der Waals surface area contributed by atoms with Crippen molar-refractivity contribution in [3.63, 3.8) is 0 Å². The third-order valence-electron chi connectivity index (χ3n) is 2.89. The Bertz CT molecular complexity index is 463. The molecule has 1 radical (unpaired) electrons. The summed E-state index contributed by atoms with van der Waals surface area (Å²) in [4.78, 5) is 23.0. The third kappa shape index (κ3) is 2.31. The lowest BCUT2D eigenvalue weighted by atomic mass is 9.84. The number of carboxylic acids is 1. The van der Waals surface area contributed by atoms with Crippen LogP contribution in [0.2, 0.25) is 0 Å². The topological polar surface area (TPSA) is 77.8 Å². The van der Waals surface area contributed by atoms with Gasteiger partial charge in [0.15, 0.2) is 0 Å². The monoisotopic (exact) mass is 232 g/mol. The molecule has 1 atom stereocenters. The zero-order chi connectivity index (χ0) is 12.4. The van der Waals surface area contributed by atoms with Crippen LogP contribution < -0.4 is 0 Å². The molecule has 1 aliphatic rings. The van der Waals surface area contributed by atoms with E-state index < -0.39 is 12.0 Å². The van der Waals surface area contributed by atoms with Gasteiger partial charge < -0.3 is 19.8 Å². The Morgan fingerprint density at radius 2 is 2.24 bits per heavy atom. The minimum atomic E-state index is -0.957. The molecule has 0 spiro atoms. The number of aromatic hydroxyl groups is 1. The van der Waals surface area contributed by atoms with Crippen LogP contribution in [0.25, 0.3) is 0 Å². The van der Waals surface area contributed by atoms with Crippen molar-refractivity contribution in [3.8, 4) is 5.75 Å². The second kappa shape index (κ2) is 4.59. The summed E-state index contributed by atoms with van der Waals surface area (Å²) in [6, 6.07) is 4.13. The van der Waals surface area contributed by atoms with Gasteiger partial charge in [0, 0.05) is 6.54 Å². The lowest BCUT2D eigenvalue weighted by Crippen LogP contribution is -2.47. The highest BCUT2D eigenvalue weighted by atomic mass is 16.4. The molecule has 5 nitrogen and oxygen atoms in total. The second-order valence-electron chi connectivity index (χ2n) is 3.97. The molecule has 17 heavy (non-hydrogen) atoms. The van der Waals surface area contributed by atoms with E-state index in [-0.39, 0.29) is 5.75 Å². The molecule has 2 rings (SSSR count). The van der Waals surface area contributed by atoms with Crippen molar-refractivity contribution in [2.24, 2.45) is 0 Å². The van der Waals surface area contributed by atoms with Gasteiger partial charge >= 0.3 is 5.97 Å². The first kappa shape index (κ1) is 11.7. The van der Waals surface area contributed by atoms with Crippen molar-refractivity contribution < 1.29 is 19.8 Å². The number of phenolic OH excluding ortho intramolecular Hbond substituents is 1. The van der Waals surface area contributed by atoms with Crippen molar-refractivity contribution >= 4 is 19.6 Å². The van der Waals surface area contributed by atoms with Gasteiger partial charge in [-0.2, -0.15) is 0 Å². The van der Waals surface area contributed by atoms with E-state index in [1.165, 1.54) is 18.3 Å². The number of hydrogen-bond donors (Lipinski definition) is 2. The molecular weight excluding hydrogens is 221 g/mol. The van der Waals surface area contributed by atoms with Crippen LogP contribution in [0.5, 0.6) is 5.75 Å². The zero-order valence-electron chi connectivity index (χ0n) is 9.04. The minimum absolute atomic E-state index is 0.142. The summed E-state index contributed by atoms with van der Waals surface area (Å²) in [5.74, 6) is -0.814. The first-order chi connectivity index (χ1) is 8.11. The third-order valence-corrected chi connectivity index (χ3v) is 2.89. The van der Waals surface area contributed by atoms with Crippen molar-refractivity contribution in [3.05, 3.63) is 29.3 Å². The Morgan fingerprint density at radius 3 is 2.88 bits per heavy atom. The number of phenols is 1. The summed E-state index contributed by atoms with van der Waals surface area (Å²) in [5, 5.41) is 18.5. The van der Waals surface area contributed by atoms with Crippen LogP contribution in [0.4, 0.5) is 0 Å². The Labute approximate surface area is 98.9 Å². The van der Waals surface area contributed by atoms with Gasteiger partial charge in [0.2, 0.25) is 0 Å². The van der Waals surface area contributed by atoms with Gasteiger partial charge in [-0.1, -0.05) is 6.07 Å². The van der Waals surface area contributed by atoms with Crippen LogP contribution in [0.1, 0.15) is 11.1 Å². The van der Waals surface area contributed by atoms with E-state index in [9.17, 15) is 14.7 Å². The predicted octanol–water partition coefficient (Wildman–Crippen LogP) is 0.0129. The molecule has 0 amide bonds. The normalized spacial score (nSPS) is 19.4. The number of carbonyl (C=O) groups excluding carboxylic acids is 1. The molecule has 6 heteroatoms. The Kier molecular flexibility index (Phi) is 3.15. The van der Waals surface area contributed by atoms with Gasteiger partial charge in [-0.3, -0.25) is 4.79 Å². The Hall–Kier alpha value is -1.82. The van der Waals surface area contributed by atoms with Crippen molar-refractivity contribution in [1.82, 2.24) is 4.81 Å². The summed E-state index contributed by atoms with van der Waals surface area (Å²) in [5.41, 5.74) is 1.74. The summed E-state index contributed by atoms with van der Waals surface area (Å²) in [6.07, 6.45) is 0.902. The number of fused-ring (bicyclic) bond motifs is 1. The standard InChI is InChI=1S/C11H11BNO4/c14-6-12-13-5-8-3-9(15)2-1-7(8)4-10(13)11(16)17/h1-3,6,10,15H,4-5H2,(H,16,17)/t10-/m0/s1. The highest BCUT2D eigenvalue weighted by Crippen LogP contribution is 2.25. The highest BCUT2D eigenvalue weighted by molar-refractivity contribution is 6.64. The molecule has 1 aromatic rings. The van der Waals surface area contributed by atoms with Crippen molar-refractivity contribution in [2.45, 2.75) is 19.0 Å². The smallest absolute Gasteiger partial charge is 0.320 e. The molecule has 1 aliphatic heterocycles. The number of carbonyl (C=O) groups is 2. The average Bonchev–Trinajstić information content (AvgIpc) is 2.28. The highest BCUT2D eigenvalue weighted by Gasteiger charge is 2.31. The first-order valence-electron chi connectivity index (χ1n) is 5.20. The molecule has 0 aliphatic carbocycles. The maximum atomic E-state index is 11.1. The van der Waals surface area contributed by atoms with Crippen LogP contribution in [0, 0.1) is 0 Å². The molecule has 1 aromatic carbocycles. The largest absolute Gasteiger partial charge is 0.508 e. The molecule has 0 unspecified atom stereocenters. The number of benzene rings is 1. The van der Waals surface area contributed by atoms with E-state index in [2.05, 4.69) is 0 Å². The molecule has 2 N–H and O–H groups in total. The number of nitrogens with zero attached hydrogens (tertiary/aromatic N) is 1. The first-order valence-corrected chi connectivity index (χ1v) is 5.20. The van der Waals surface area contributed by atoms with Gasteiger partial charge in [0.05, 0.1) is 6.19 Å². The molecular formula is C11H11BNO4. The number of hydrogen-bond acceptors (Lipinski definition) is 4. The summed E-state index contributed by atoms with van der Waals surface area (Å²) in [6.45, 7) is 0.319. The van der Waals surface area contributed by atoms with Crippen LogP contribution in [0.3, 0.4) is 0 Å². The van der Waals surface area contributed by atoms with E-state index in [1.807, 2.05) is 0 Å². The average molecular weight is 232 g/mol. The number of aliphatic carboxylic acids is 1. The van der Waals surface area contributed by atoms with Gasteiger partial charge in [-0.25, -0.2) is 0 Å². The maximum Gasteiger partial charge on any atom is 0.320 e. The predicted molar refractivity (Wildman–Crippen MR) is 61.3 cm³/mol. The van der Waals surface area contributed by atoms with Crippen LogP contribution in [-0.4, -0.2) is 40.6 Å². The summed E-state index contributed by atoms with van der Waals surface area (Å²) in [7, 11) is 1.23. The molecule has 1 heterocycles. The number of rotatable bonds is 3. The van der Waals surface area contributed by atoms with E-state index >= 15 is 0 Å². The lowest BCUT2D eigenvalue weighted by Gasteiger charge is -2.33. The quantitative estimate of drug-likeness (QED) is 0.567. The minimum Gasteiger partial charge on any atom is -0.508 e. The fourth-order valence-corrected chi connectivity index (χ4v) is 2.06. The van der Waals surface area contributed by atoms with Crippen LogP contribution >= 0.6 is 0 Å². The molecule has 0 saturated carbocycles. The Morgan fingerprint density at radius 1 is 1.47 bits per heavy atom. The van der Waals surface area contributed by atoms with Crippen molar-refractivity contribution in [2.75, 3.05) is 0 Å². The maximum absolute atomic E-state index is 11.1. The van der Waals surface area contributed by atoms with Gasteiger partial charge in [0.1, 0.15) is 11.8 Å². The van der Waals surface area contributed by atoms with Gasteiger partial charge in [-0.15, -0.1) is 0 Å². The molecule has 0 aromatic heterocycles. The van der Waals surface area contributed by atoms with Gasteiger partial charge in [0.25, 0.3) is 7.41 Å². The van der Waals surface area contributed by atoms with E-state index in [0.29, 0.717) is 19.2 Å². The zero-order valence-corrected chi connectivity index (χ0v) is 9.04. The van der Waals surface area contributed by atoms with Crippen molar-refractivity contribution in [1.29, 1.82) is 0 Å². The number of carboxylic acid groups (broad SMARTS) is 1. The lowest BCUT2D eigenvalue weighted by molar-refractivity contribution is -0.141. The molecule has 0 saturated heterocycles. The van der Waals surface area contributed by atoms with E-state index in [4.69, 9.17) is 5.11 Å². The molecule has 87 valence electrons.